The van der Waals surface area contributed by atoms with E-state index in [1.54, 1.807) is 6.92 Å². The van der Waals surface area contributed by atoms with Gasteiger partial charge in [-0.25, -0.2) is 4.98 Å². The Hall–Kier alpha value is -2.94. The first-order valence-corrected chi connectivity index (χ1v) is 10.1. The molecule has 30 heavy (non-hydrogen) atoms. The number of rotatable bonds is 8. The van der Waals surface area contributed by atoms with Crippen molar-refractivity contribution in [1.82, 2.24) is 15.3 Å². The number of aryl methyl sites for hydroxylation is 2. The molecule has 0 atom stereocenters. The van der Waals surface area contributed by atoms with Gasteiger partial charge in [0.1, 0.15) is 11.5 Å². The third kappa shape index (κ3) is 5.56. The molecule has 0 spiro atoms. The lowest BCUT2D eigenvalue weighted by atomic mass is 10.0. The lowest BCUT2D eigenvalue weighted by molar-refractivity contribution is 0.174. The fraction of sp³-hybridized carbons (Fsp3) is 0.476. The molecule has 9 heteroatoms. The maximum absolute atomic E-state index is 13.4. The molecule has 8 nitrogen and oxygen atoms in total. The molecule has 3 rings (SSSR count). The van der Waals surface area contributed by atoms with E-state index in [2.05, 4.69) is 34.4 Å². The summed E-state index contributed by atoms with van der Waals surface area (Å²) < 4.78 is 24.4. The van der Waals surface area contributed by atoms with Crippen LogP contribution in [0.1, 0.15) is 37.1 Å². The molecule has 1 aliphatic heterocycles. The van der Waals surface area contributed by atoms with E-state index < -0.39 is 6.08 Å². The maximum atomic E-state index is 13.4. The van der Waals surface area contributed by atoms with Crippen molar-refractivity contribution >= 4 is 17.3 Å². The minimum absolute atomic E-state index is 0.0524. The molecule has 0 saturated heterocycles. The first-order valence-electron chi connectivity index (χ1n) is 10.1. The van der Waals surface area contributed by atoms with Crippen LogP contribution in [0.25, 0.3) is 0 Å². The average Bonchev–Trinajstić information content (AvgIpc) is 3.11. The number of hydrogen-bond acceptors (Lipinski definition) is 7. The molecule has 2 aromatic rings. The molecule has 0 fully saturated rings. The zero-order valence-corrected chi connectivity index (χ0v) is 17.9. The van der Waals surface area contributed by atoms with Crippen LogP contribution < -0.4 is 25.8 Å². The zero-order chi connectivity index (χ0) is 21.7. The Morgan fingerprint density at radius 1 is 1.23 bits per heavy atom. The topological polar surface area (TPSA) is 107 Å². The summed E-state index contributed by atoms with van der Waals surface area (Å²) in [6, 6.07) is 4.36. The number of ether oxygens (including phenoxy) is 2. The van der Waals surface area contributed by atoms with Crippen LogP contribution in [-0.4, -0.2) is 41.7 Å². The SMILES string of the molecule is Cc1cc2c(cc1CC(=NCCCNC(C)C)Nc1c(C)nc(F)nc1N)OCO2. The molecule has 1 aromatic carbocycles. The number of benzene rings is 1. The van der Waals surface area contributed by atoms with E-state index in [9.17, 15) is 4.39 Å². The summed E-state index contributed by atoms with van der Waals surface area (Å²) in [6.07, 6.45) is 0.564. The van der Waals surface area contributed by atoms with Crippen molar-refractivity contribution in [2.75, 3.05) is 30.9 Å². The van der Waals surface area contributed by atoms with E-state index in [-0.39, 0.29) is 12.6 Å². The number of nitrogens with one attached hydrogen (secondary N) is 2. The molecule has 1 aliphatic rings. The molecule has 0 saturated carbocycles. The number of fused-ring (bicyclic) bond motifs is 1. The van der Waals surface area contributed by atoms with Gasteiger partial charge in [-0.3, -0.25) is 4.99 Å². The normalized spacial score (nSPS) is 13.2. The van der Waals surface area contributed by atoms with Crippen molar-refractivity contribution in [1.29, 1.82) is 0 Å². The molecule has 0 bridgehead atoms. The van der Waals surface area contributed by atoms with Crippen molar-refractivity contribution in [3.63, 3.8) is 0 Å². The van der Waals surface area contributed by atoms with Gasteiger partial charge >= 0.3 is 6.08 Å². The lowest BCUT2D eigenvalue weighted by Gasteiger charge is -2.15. The third-order valence-corrected chi connectivity index (χ3v) is 4.74. The van der Waals surface area contributed by atoms with Crippen LogP contribution in [0, 0.1) is 19.9 Å². The van der Waals surface area contributed by atoms with Crippen molar-refractivity contribution in [2.45, 2.75) is 46.6 Å². The summed E-state index contributed by atoms with van der Waals surface area (Å²) in [7, 11) is 0. The highest BCUT2D eigenvalue weighted by Crippen LogP contribution is 2.35. The molecule has 4 N–H and O–H groups in total. The van der Waals surface area contributed by atoms with E-state index >= 15 is 0 Å². The highest BCUT2D eigenvalue weighted by molar-refractivity contribution is 5.99. The Morgan fingerprint density at radius 2 is 1.97 bits per heavy atom. The quantitative estimate of drug-likeness (QED) is 0.263. The van der Waals surface area contributed by atoms with Crippen LogP contribution in [0.5, 0.6) is 11.5 Å². The Labute approximate surface area is 176 Å². The number of halogens is 1. The average molecular weight is 417 g/mol. The van der Waals surface area contributed by atoms with Crippen molar-refractivity contribution in [3.05, 3.63) is 35.0 Å². The second-order valence-electron chi connectivity index (χ2n) is 7.56. The summed E-state index contributed by atoms with van der Waals surface area (Å²) in [4.78, 5) is 12.1. The first kappa shape index (κ1) is 21.8. The Bertz CT molecular complexity index is 909. The molecular weight excluding hydrogens is 387 g/mol. The van der Waals surface area contributed by atoms with Gasteiger partial charge in [-0.05, 0) is 50.1 Å². The van der Waals surface area contributed by atoms with Gasteiger partial charge < -0.3 is 25.8 Å². The summed E-state index contributed by atoms with van der Waals surface area (Å²) >= 11 is 0. The summed E-state index contributed by atoms with van der Waals surface area (Å²) in [5, 5.41) is 6.61. The van der Waals surface area contributed by atoms with Crippen LogP contribution in [-0.2, 0) is 6.42 Å². The molecule has 1 aromatic heterocycles. The number of nitrogens with zero attached hydrogens (tertiary/aromatic N) is 3. The first-order chi connectivity index (χ1) is 14.3. The van der Waals surface area contributed by atoms with Crippen molar-refractivity contribution < 1.29 is 13.9 Å². The van der Waals surface area contributed by atoms with Gasteiger partial charge in [-0.2, -0.15) is 9.37 Å². The van der Waals surface area contributed by atoms with E-state index in [1.807, 2.05) is 19.1 Å². The summed E-state index contributed by atoms with van der Waals surface area (Å²) in [5.41, 5.74) is 8.93. The standard InChI is InChI=1S/C21H29FN6O2/c1-12(2)24-6-5-7-25-18(27-19-14(4)26-21(22)28-20(19)23)10-15-9-17-16(8-13(15)3)29-11-30-17/h8-9,12,24H,5-7,10-11H2,1-4H3,(H,25,27)(H2,23,26,28). The number of amidine groups is 1. The number of aromatic nitrogens is 2. The zero-order valence-electron chi connectivity index (χ0n) is 17.9. The second kappa shape index (κ2) is 9.71. The van der Waals surface area contributed by atoms with Gasteiger partial charge in [0.05, 0.1) is 5.69 Å². The lowest BCUT2D eigenvalue weighted by Crippen LogP contribution is -2.24. The fourth-order valence-electron chi connectivity index (χ4n) is 3.14. The predicted octanol–water partition coefficient (Wildman–Crippen LogP) is 2.98. The minimum Gasteiger partial charge on any atom is -0.454 e. The van der Waals surface area contributed by atoms with Gasteiger partial charge in [-0.15, -0.1) is 0 Å². The molecule has 0 aliphatic carbocycles. The smallest absolute Gasteiger partial charge is 0.310 e. The van der Waals surface area contributed by atoms with E-state index in [1.165, 1.54) is 0 Å². The van der Waals surface area contributed by atoms with Gasteiger partial charge in [0, 0.05) is 19.0 Å². The van der Waals surface area contributed by atoms with Crippen molar-refractivity contribution in [3.8, 4) is 11.5 Å². The fourth-order valence-corrected chi connectivity index (χ4v) is 3.14. The second-order valence-corrected chi connectivity index (χ2v) is 7.56. The Kier molecular flexibility index (Phi) is 7.04. The van der Waals surface area contributed by atoms with Gasteiger partial charge in [0.2, 0.25) is 6.79 Å². The van der Waals surface area contributed by atoms with Crippen LogP contribution in [0.2, 0.25) is 0 Å². The van der Waals surface area contributed by atoms with Crippen LogP contribution >= 0.6 is 0 Å². The largest absolute Gasteiger partial charge is 0.454 e. The highest BCUT2D eigenvalue weighted by atomic mass is 19.1. The third-order valence-electron chi connectivity index (χ3n) is 4.74. The molecule has 2 heterocycles. The van der Waals surface area contributed by atoms with Crippen molar-refractivity contribution in [2.24, 2.45) is 4.99 Å². The number of aliphatic imine (C=N–C) groups is 1. The highest BCUT2D eigenvalue weighted by Gasteiger charge is 2.18. The van der Waals surface area contributed by atoms with Gasteiger partial charge in [0.25, 0.3) is 0 Å². The summed E-state index contributed by atoms with van der Waals surface area (Å²) in [6.45, 7) is 9.65. The monoisotopic (exact) mass is 416 g/mol. The Morgan fingerprint density at radius 3 is 2.67 bits per heavy atom. The maximum Gasteiger partial charge on any atom is 0.310 e. The van der Waals surface area contributed by atoms with Gasteiger partial charge in [-0.1, -0.05) is 13.8 Å². The number of nitrogens with two attached hydrogens (primary N) is 1. The number of nitrogen functional groups attached to an aromatic ring is 1. The van der Waals surface area contributed by atoms with Gasteiger partial charge in [0.15, 0.2) is 17.3 Å². The van der Waals surface area contributed by atoms with E-state index in [4.69, 9.17) is 20.2 Å². The van der Waals surface area contributed by atoms with Crippen LogP contribution in [0.4, 0.5) is 15.9 Å². The van der Waals surface area contributed by atoms with E-state index in [0.29, 0.717) is 36.2 Å². The Balaban J connectivity index is 1.81. The van der Waals surface area contributed by atoms with Crippen LogP contribution in [0.15, 0.2) is 17.1 Å². The molecule has 0 radical (unpaired) electrons. The molecule has 0 amide bonds. The number of hydrogen-bond donors (Lipinski definition) is 3. The number of anilines is 2. The molecule has 0 unspecified atom stereocenters. The van der Waals surface area contributed by atoms with Crippen LogP contribution in [0.3, 0.4) is 0 Å². The minimum atomic E-state index is -0.847. The summed E-state index contributed by atoms with van der Waals surface area (Å²) in [5.74, 6) is 2.22. The molecule has 162 valence electrons. The van der Waals surface area contributed by atoms with E-state index in [0.717, 1.165) is 35.6 Å². The predicted molar refractivity (Wildman–Crippen MR) is 116 cm³/mol. The molecular formula is C21H29FN6O2.